The van der Waals surface area contributed by atoms with Crippen LogP contribution in [0.5, 0.6) is 0 Å². The lowest BCUT2D eigenvalue weighted by Gasteiger charge is -2.17. The zero-order chi connectivity index (χ0) is 20.5. The molecule has 0 bridgehead atoms. The first-order valence-corrected chi connectivity index (χ1v) is 9.08. The van der Waals surface area contributed by atoms with E-state index < -0.39 is 24.3 Å². The van der Waals surface area contributed by atoms with Crippen molar-refractivity contribution in [3.05, 3.63) is 70.2 Å². The number of carbonyl (C=O) groups excluding carboxylic acids is 2. The van der Waals surface area contributed by atoms with Crippen LogP contribution in [0.1, 0.15) is 34.8 Å². The summed E-state index contributed by atoms with van der Waals surface area (Å²) in [5.41, 5.74) is 7.77. The van der Waals surface area contributed by atoms with Crippen LogP contribution in [0.25, 0.3) is 0 Å². The molecule has 2 aromatic carbocycles. The van der Waals surface area contributed by atoms with E-state index in [2.05, 4.69) is 23.7 Å². The number of carbonyl (C=O) groups is 2. The fraction of sp³-hybridized carbons (Fsp3) is 0.217. The van der Waals surface area contributed by atoms with E-state index >= 15 is 0 Å². The van der Waals surface area contributed by atoms with Crippen LogP contribution in [0.2, 0.25) is 5.02 Å². The van der Waals surface area contributed by atoms with Gasteiger partial charge in [0.1, 0.15) is 6.61 Å². The summed E-state index contributed by atoms with van der Waals surface area (Å²) in [7, 11) is 0. The van der Waals surface area contributed by atoms with E-state index in [4.69, 9.17) is 22.4 Å². The van der Waals surface area contributed by atoms with Crippen molar-refractivity contribution in [1.29, 1.82) is 0 Å². The number of hydrogen-bond donors (Lipinski definition) is 2. The molecule has 142 valence electrons. The maximum atomic E-state index is 12.4. The minimum atomic E-state index is -0.694. The van der Waals surface area contributed by atoms with Crippen molar-refractivity contribution in [2.75, 3.05) is 6.61 Å². The Bertz CT molecular complexity index is 955. The number of benzene rings is 2. The van der Waals surface area contributed by atoms with Crippen molar-refractivity contribution in [3.8, 4) is 23.7 Å². The molecule has 0 saturated heterocycles. The first-order valence-electron chi connectivity index (χ1n) is 8.70. The molecule has 0 heterocycles. The van der Waals surface area contributed by atoms with Crippen LogP contribution < -0.4 is 5.73 Å². The third kappa shape index (κ3) is 6.37. The second-order valence-electron chi connectivity index (χ2n) is 6.30. The maximum absolute atomic E-state index is 12.4. The number of halogens is 1. The van der Waals surface area contributed by atoms with Crippen molar-refractivity contribution in [3.63, 3.8) is 0 Å². The molecule has 0 fully saturated rings. The first kappa shape index (κ1) is 21.4. The average molecular weight is 394 g/mol. The van der Waals surface area contributed by atoms with Gasteiger partial charge in [-0.1, -0.05) is 35.6 Å². The molecule has 0 aliphatic carbocycles. The van der Waals surface area contributed by atoms with Crippen molar-refractivity contribution in [1.82, 2.24) is 0 Å². The van der Waals surface area contributed by atoms with Gasteiger partial charge in [-0.25, -0.2) is 0 Å². The number of rotatable bonds is 6. The van der Waals surface area contributed by atoms with E-state index in [0.29, 0.717) is 10.6 Å². The molecule has 0 saturated carbocycles. The lowest BCUT2D eigenvalue weighted by Crippen LogP contribution is -2.36. The lowest BCUT2D eigenvalue weighted by atomic mass is 9.89. The number of aliphatic hydroxyl groups excluding tert-OH is 1. The van der Waals surface area contributed by atoms with Crippen LogP contribution in [0.15, 0.2) is 48.5 Å². The molecule has 28 heavy (non-hydrogen) atoms. The molecule has 4 nitrogen and oxygen atoms in total. The molecule has 0 aliphatic rings. The molecule has 5 heteroatoms. The fourth-order valence-corrected chi connectivity index (χ4v) is 2.63. The van der Waals surface area contributed by atoms with E-state index in [1.54, 1.807) is 43.3 Å². The van der Waals surface area contributed by atoms with Gasteiger partial charge in [0.25, 0.3) is 0 Å². The van der Waals surface area contributed by atoms with E-state index in [-0.39, 0.29) is 12.2 Å². The smallest absolute Gasteiger partial charge is 0.163 e. The van der Waals surface area contributed by atoms with Crippen LogP contribution in [0, 0.1) is 29.6 Å². The van der Waals surface area contributed by atoms with Crippen LogP contribution in [0.3, 0.4) is 0 Å². The zero-order valence-corrected chi connectivity index (χ0v) is 16.2. The molecule has 2 atom stereocenters. The third-order valence-electron chi connectivity index (χ3n) is 4.14. The molecule has 3 N–H and O–H groups in total. The Hall–Kier alpha value is -2.89. The summed E-state index contributed by atoms with van der Waals surface area (Å²) in [5.74, 6) is 10.0. The first-order chi connectivity index (χ1) is 13.4. The highest BCUT2D eigenvalue weighted by Crippen LogP contribution is 2.15. The van der Waals surface area contributed by atoms with Crippen molar-refractivity contribution >= 4 is 23.2 Å². The molecule has 0 spiro atoms. The molecular formula is C23H20ClNO3. The lowest BCUT2D eigenvalue weighted by molar-refractivity contribution is -0.126. The predicted molar refractivity (Wildman–Crippen MR) is 110 cm³/mol. The van der Waals surface area contributed by atoms with Gasteiger partial charge in [-0.3, -0.25) is 9.59 Å². The van der Waals surface area contributed by atoms with Crippen LogP contribution in [-0.2, 0) is 4.79 Å². The van der Waals surface area contributed by atoms with Crippen molar-refractivity contribution in [2.24, 2.45) is 11.7 Å². The highest BCUT2D eigenvalue weighted by molar-refractivity contribution is 6.30. The maximum Gasteiger partial charge on any atom is 0.163 e. The minimum absolute atomic E-state index is 0.0331. The summed E-state index contributed by atoms with van der Waals surface area (Å²) in [4.78, 5) is 24.1. The van der Waals surface area contributed by atoms with Gasteiger partial charge in [-0.15, -0.1) is 0 Å². The molecule has 0 aliphatic heterocycles. The number of hydrogen-bond acceptors (Lipinski definition) is 4. The van der Waals surface area contributed by atoms with Gasteiger partial charge in [0.2, 0.25) is 0 Å². The normalized spacial score (nSPS) is 12.0. The zero-order valence-electron chi connectivity index (χ0n) is 15.4. The number of Topliss-reactive ketones (excluding diaryl/α,β-unsaturated/α-hetero) is 2. The van der Waals surface area contributed by atoms with E-state index in [9.17, 15) is 9.59 Å². The topological polar surface area (TPSA) is 80.4 Å². The molecular weight excluding hydrogens is 374 g/mol. The Kier molecular flexibility index (Phi) is 7.99. The minimum Gasteiger partial charge on any atom is -0.389 e. The highest BCUT2D eigenvalue weighted by Gasteiger charge is 2.25. The monoisotopic (exact) mass is 393 g/mol. The van der Waals surface area contributed by atoms with Gasteiger partial charge in [-0.2, -0.15) is 0 Å². The van der Waals surface area contributed by atoms with Gasteiger partial charge in [-0.05, 0) is 55.2 Å². The Morgan fingerprint density at radius 2 is 1.50 bits per heavy atom. The Balaban J connectivity index is 2.03. The SMILES string of the molecule is C[C@@H](N)[C@H](CC(=O)c1ccc(C#CC#Cc2ccc(Cl)cc2)cc1)C(=O)CO. The van der Waals surface area contributed by atoms with Gasteiger partial charge in [0.05, 0.1) is 0 Å². The summed E-state index contributed by atoms with van der Waals surface area (Å²) in [6, 6.07) is 13.4. The van der Waals surface area contributed by atoms with Crippen LogP contribution >= 0.6 is 11.6 Å². The van der Waals surface area contributed by atoms with Crippen LogP contribution in [-0.4, -0.2) is 29.3 Å². The summed E-state index contributed by atoms with van der Waals surface area (Å²) < 4.78 is 0. The van der Waals surface area contributed by atoms with E-state index in [1.807, 2.05) is 12.1 Å². The molecule has 0 amide bonds. The van der Waals surface area contributed by atoms with E-state index in [1.165, 1.54) is 0 Å². The Morgan fingerprint density at radius 3 is 1.96 bits per heavy atom. The average Bonchev–Trinajstić information content (AvgIpc) is 2.70. The Labute approximate surface area is 169 Å². The molecule has 2 aromatic rings. The number of ketones is 2. The van der Waals surface area contributed by atoms with Crippen molar-refractivity contribution in [2.45, 2.75) is 19.4 Å². The quantitative estimate of drug-likeness (QED) is 0.584. The van der Waals surface area contributed by atoms with Crippen LogP contribution in [0.4, 0.5) is 0 Å². The standard InChI is InChI=1S/C23H20ClNO3/c1-16(25)21(23(28)15-26)14-22(27)19-10-6-17(7-11-19)4-2-3-5-18-8-12-20(24)13-9-18/h6-13,16,21,26H,14-15,25H2,1H3/t16-,21+/m1/s1. The molecule has 0 unspecified atom stereocenters. The summed E-state index contributed by atoms with van der Waals surface area (Å²) in [5, 5.41) is 9.67. The summed E-state index contributed by atoms with van der Waals surface area (Å²) in [6.07, 6.45) is -0.0331. The Morgan fingerprint density at radius 1 is 1.00 bits per heavy atom. The van der Waals surface area contributed by atoms with Gasteiger partial charge >= 0.3 is 0 Å². The summed E-state index contributed by atoms with van der Waals surface area (Å²) in [6.45, 7) is 1.03. The second-order valence-corrected chi connectivity index (χ2v) is 6.74. The van der Waals surface area contributed by atoms with Gasteiger partial charge < -0.3 is 10.8 Å². The third-order valence-corrected chi connectivity index (χ3v) is 4.39. The number of aliphatic hydroxyl groups is 1. The fourth-order valence-electron chi connectivity index (χ4n) is 2.51. The molecule has 0 aromatic heterocycles. The van der Waals surface area contributed by atoms with Gasteiger partial charge in [0, 0.05) is 40.1 Å². The van der Waals surface area contributed by atoms with Crippen molar-refractivity contribution < 1.29 is 14.7 Å². The summed E-state index contributed by atoms with van der Waals surface area (Å²) >= 11 is 5.82. The highest BCUT2D eigenvalue weighted by atomic mass is 35.5. The second kappa shape index (κ2) is 10.4. The predicted octanol–water partition coefficient (Wildman–Crippen LogP) is 2.84. The molecule has 2 rings (SSSR count). The molecule has 0 radical (unpaired) electrons. The van der Waals surface area contributed by atoms with Gasteiger partial charge in [0.15, 0.2) is 11.6 Å². The number of nitrogens with two attached hydrogens (primary N) is 1. The largest absolute Gasteiger partial charge is 0.389 e. The van der Waals surface area contributed by atoms with E-state index in [0.717, 1.165) is 11.1 Å².